The van der Waals surface area contributed by atoms with E-state index in [4.69, 9.17) is 65.4 Å². The normalized spacial score (nSPS) is 16.7. The maximum Gasteiger partial charge on any atom is 0.258 e. The molecule has 0 radical (unpaired) electrons. The molecule has 2 atom stereocenters. The highest BCUT2D eigenvalue weighted by molar-refractivity contribution is 7.97. The van der Waals surface area contributed by atoms with E-state index in [1.165, 1.54) is 22.3 Å². The number of benzene rings is 4. The molecule has 0 spiro atoms. The van der Waals surface area contributed by atoms with Crippen LogP contribution in [-0.2, 0) is 41.6 Å². The van der Waals surface area contributed by atoms with Crippen LogP contribution in [0.4, 0.5) is 0 Å². The van der Waals surface area contributed by atoms with Gasteiger partial charge in [0.2, 0.25) is 6.10 Å². The van der Waals surface area contributed by atoms with Crippen molar-refractivity contribution >= 4 is 82.1 Å². The Bertz CT molecular complexity index is 2030. The summed E-state index contributed by atoms with van der Waals surface area (Å²) >= 11 is 28.8. The molecule has 2 aliphatic rings. The van der Waals surface area contributed by atoms with Crippen molar-refractivity contribution in [2.24, 2.45) is 0 Å². The fourth-order valence-electron chi connectivity index (χ4n) is 7.74. The lowest BCUT2D eigenvalue weighted by Gasteiger charge is -2.33. The number of aliphatic hydroxyl groups is 1. The van der Waals surface area contributed by atoms with Crippen LogP contribution in [0.5, 0.6) is 0 Å². The van der Waals surface area contributed by atoms with Gasteiger partial charge in [-0.15, -0.1) is 0 Å². The van der Waals surface area contributed by atoms with Gasteiger partial charge in [0.1, 0.15) is 0 Å². The maximum absolute atomic E-state index is 12.2. The Hall–Kier alpha value is -2.68. The molecule has 2 aliphatic heterocycles. The van der Waals surface area contributed by atoms with E-state index in [0.29, 0.717) is 72.8 Å². The minimum atomic E-state index is -1.84. The summed E-state index contributed by atoms with van der Waals surface area (Å²) in [6.45, 7) is 7.80. The van der Waals surface area contributed by atoms with Gasteiger partial charge in [-0.3, -0.25) is 19.0 Å². The topological polar surface area (TPSA) is 146 Å². The molecule has 358 valence electrons. The Balaban J connectivity index is 0.710. The monoisotopic (exact) mass is 1020 g/mol. The van der Waals surface area contributed by atoms with E-state index in [-0.39, 0.29) is 38.1 Å². The first-order valence-corrected chi connectivity index (χ1v) is 25.0. The third kappa shape index (κ3) is 16.2. The average molecular weight is 1020 g/mol. The molecule has 2 unspecified atom stereocenters. The van der Waals surface area contributed by atoms with Gasteiger partial charge in [0.15, 0.2) is 0 Å². The predicted octanol–water partition coefficient (Wildman–Crippen LogP) is 7.01. The fourth-order valence-corrected chi connectivity index (χ4v) is 10.1. The molecular formula is C47H58Cl4N6O7S2. The van der Waals surface area contributed by atoms with Crippen molar-refractivity contribution in [3.63, 3.8) is 0 Å². The molecule has 0 aromatic heterocycles. The van der Waals surface area contributed by atoms with Crippen molar-refractivity contribution in [1.82, 2.24) is 29.9 Å². The molecule has 66 heavy (non-hydrogen) atoms. The number of nitrogens with one attached hydrogen (secondary N) is 4. The van der Waals surface area contributed by atoms with E-state index in [2.05, 4.69) is 92.5 Å². The number of carbonyl (C=O) groups excluding carboxylic acids is 2. The largest absolute Gasteiger partial charge is 0.378 e. The van der Waals surface area contributed by atoms with E-state index in [1.807, 2.05) is 24.3 Å². The third-order valence-corrected chi connectivity index (χ3v) is 13.8. The number of nitrogens with zero attached hydrogens (tertiary/aromatic N) is 2. The second-order valence-corrected chi connectivity index (χ2v) is 19.6. The number of fused-ring (bicyclic) bond motifs is 2. The van der Waals surface area contributed by atoms with Crippen LogP contribution in [0.2, 0.25) is 20.1 Å². The van der Waals surface area contributed by atoms with Crippen molar-refractivity contribution in [1.29, 1.82) is 0 Å². The van der Waals surface area contributed by atoms with E-state index < -0.39 is 17.9 Å². The van der Waals surface area contributed by atoms with Gasteiger partial charge in [0.25, 0.3) is 11.8 Å². The molecule has 2 heterocycles. The number of ether oxygens (including phenoxy) is 4. The van der Waals surface area contributed by atoms with Gasteiger partial charge in [-0.25, -0.2) is 0 Å². The number of hydrogen-bond donors (Lipinski definition) is 5. The van der Waals surface area contributed by atoms with Crippen LogP contribution in [0, 0.1) is 0 Å². The highest BCUT2D eigenvalue weighted by Gasteiger charge is 2.29. The molecule has 4 aromatic rings. The minimum absolute atomic E-state index is 0.136. The van der Waals surface area contributed by atoms with Gasteiger partial charge >= 0.3 is 0 Å². The van der Waals surface area contributed by atoms with Crippen LogP contribution < -0.4 is 20.1 Å². The summed E-state index contributed by atoms with van der Waals surface area (Å²) in [6.07, 6.45) is -1.84. The summed E-state index contributed by atoms with van der Waals surface area (Å²) < 4.78 is 28.9. The van der Waals surface area contributed by atoms with Crippen molar-refractivity contribution in [2.45, 2.75) is 40.8 Å². The highest BCUT2D eigenvalue weighted by Crippen LogP contribution is 2.40. The van der Waals surface area contributed by atoms with Crippen molar-refractivity contribution < 1.29 is 33.6 Å². The number of aliphatic hydroxyl groups excluding tert-OH is 1. The number of rotatable bonds is 26. The molecule has 4 aromatic carbocycles. The molecular weight excluding hydrogens is 966 g/mol. The number of carbonyl (C=O) groups is 2. The van der Waals surface area contributed by atoms with Gasteiger partial charge in [-0.1, -0.05) is 70.7 Å². The first kappa shape index (κ1) is 52.7. The lowest BCUT2D eigenvalue weighted by molar-refractivity contribution is -0.141. The SMILES string of the molecule is CN1Cc2c(Cl)cc(Cl)cc2C(c2ccc(SNCCOCCOCCNC(=O)C(O)C(=O)NCCOCCOCCNSc3ccc(C4CN(C)Cc5c(Cl)cc(Cl)cc54)cc3)cc2)C1. The summed E-state index contributed by atoms with van der Waals surface area (Å²) in [7, 11) is 4.21. The smallest absolute Gasteiger partial charge is 0.258 e. The fraction of sp³-hybridized carbons (Fsp3) is 0.447. The molecule has 0 aliphatic carbocycles. The average Bonchev–Trinajstić information content (AvgIpc) is 3.30. The van der Waals surface area contributed by atoms with Gasteiger partial charge in [-0.2, -0.15) is 0 Å². The first-order valence-electron chi connectivity index (χ1n) is 21.8. The zero-order valence-electron chi connectivity index (χ0n) is 37.1. The molecule has 0 fully saturated rings. The Kier molecular flexibility index (Phi) is 21.9. The van der Waals surface area contributed by atoms with E-state index >= 15 is 0 Å². The number of likely N-dealkylation sites (N-methyl/N-ethyl adjacent to an activating group) is 2. The number of hydrogen-bond acceptors (Lipinski definition) is 13. The lowest BCUT2D eigenvalue weighted by Crippen LogP contribution is -2.47. The summed E-state index contributed by atoms with van der Waals surface area (Å²) in [5.74, 6) is -1.22. The van der Waals surface area contributed by atoms with Gasteiger partial charge in [0.05, 0.1) is 52.9 Å². The molecule has 0 saturated heterocycles. The van der Waals surface area contributed by atoms with Gasteiger partial charge < -0.3 is 44.5 Å². The van der Waals surface area contributed by atoms with Crippen LogP contribution in [0.3, 0.4) is 0 Å². The van der Waals surface area contributed by atoms with Crippen molar-refractivity contribution in [3.05, 3.63) is 126 Å². The zero-order valence-corrected chi connectivity index (χ0v) is 41.8. The van der Waals surface area contributed by atoms with Crippen LogP contribution >= 0.6 is 70.3 Å². The first-order chi connectivity index (χ1) is 32.0. The van der Waals surface area contributed by atoms with Crippen LogP contribution in [0.1, 0.15) is 45.2 Å². The number of amides is 2. The van der Waals surface area contributed by atoms with Gasteiger partial charge in [0, 0.05) is 94.1 Å². The van der Waals surface area contributed by atoms with E-state index in [1.54, 1.807) is 23.9 Å². The molecule has 19 heteroatoms. The zero-order chi connectivity index (χ0) is 46.8. The lowest BCUT2D eigenvalue weighted by atomic mass is 9.85. The summed E-state index contributed by atoms with van der Waals surface area (Å²) in [5, 5.41) is 17.8. The quantitative estimate of drug-likeness (QED) is 0.0250. The summed E-state index contributed by atoms with van der Waals surface area (Å²) in [4.78, 5) is 31.2. The highest BCUT2D eigenvalue weighted by atomic mass is 35.5. The molecule has 0 saturated carbocycles. The second-order valence-electron chi connectivity index (χ2n) is 16.0. The number of halogens is 4. The molecule has 6 rings (SSSR count). The summed E-state index contributed by atoms with van der Waals surface area (Å²) in [6, 6.07) is 24.7. The Labute approximate surface area is 416 Å². The molecule has 0 bridgehead atoms. The molecule has 2 amide bonds. The van der Waals surface area contributed by atoms with Crippen molar-refractivity contribution in [3.8, 4) is 0 Å². The van der Waals surface area contributed by atoms with E-state index in [0.717, 1.165) is 47.1 Å². The van der Waals surface area contributed by atoms with Gasteiger partial charge in [-0.05, 0) is 120 Å². The minimum Gasteiger partial charge on any atom is -0.378 e. The standard InChI is InChI=1S/C47H58Cl4N6O7S2/c1-56-27-39(37-23-33(48)25-43(50)41(37)29-56)31-3-7-35(8-4-31)65-54-13-17-63-21-19-61-15-11-52-46(59)45(58)47(60)53-12-16-62-20-22-64-18-14-55-66-36-9-5-32(6-10-36)40-28-57(2)30-42-38(40)24-34(49)26-44(42)51/h3-10,23-26,39-40,45,54-55,58H,11-22,27-30H2,1-2H3,(H,52,59)(H,53,60). The maximum atomic E-state index is 12.2. The Morgan fingerprint density at radius 2 is 0.955 bits per heavy atom. The second kappa shape index (κ2) is 27.5. The van der Waals surface area contributed by atoms with Crippen LogP contribution in [-0.4, -0.2) is 139 Å². The Morgan fingerprint density at radius 3 is 1.33 bits per heavy atom. The Morgan fingerprint density at radius 1 is 0.591 bits per heavy atom. The summed E-state index contributed by atoms with van der Waals surface area (Å²) in [5.41, 5.74) is 7.08. The third-order valence-electron chi connectivity index (χ3n) is 11.0. The van der Waals surface area contributed by atoms with Crippen LogP contribution in [0.15, 0.2) is 82.6 Å². The van der Waals surface area contributed by atoms with Crippen molar-refractivity contribution in [2.75, 3.05) is 106 Å². The predicted molar refractivity (Wildman–Crippen MR) is 265 cm³/mol. The van der Waals surface area contributed by atoms with E-state index in [9.17, 15) is 14.7 Å². The molecule has 5 N–H and O–H groups in total. The van der Waals surface area contributed by atoms with Crippen LogP contribution in [0.25, 0.3) is 0 Å². The molecule has 13 nitrogen and oxygen atoms in total.